The molecule has 0 radical (unpaired) electrons. The van der Waals surface area contributed by atoms with E-state index >= 15 is 0 Å². The Labute approximate surface area is 162 Å². The molecule has 2 aromatic rings. The number of aromatic nitrogens is 2. The van der Waals surface area contributed by atoms with Crippen LogP contribution in [0.5, 0.6) is 0 Å². The number of Topliss-reactive ketones (excluding diaryl/α,β-unsaturated/α-hetero) is 1. The number of nitrogens with zero attached hydrogens (tertiary/aromatic N) is 2. The van der Waals surface area contributed by atoms with E-state index in [0.29, 0.717) is 18.3 Å². The van der Waals surface area contributed by atoms with E-state index in [0.717, 1.165) is 19.3 Å². The zero-order chi connectivity index (χ0) is 19.0. The highest BCUT2D eigenvalue weighted by Crippen LogP contribution is 2.44. The van der Waals surface area contributed by atoms with Gasteiger partial charge in [0, 0.05) is 30.0 Å². The Morgan fingerprint density at radius 1 is 1.19 bits per heavy atom. The van der Waals surface area contributed by atoms with Crippen molar-refractivity contribution in [2.75, 3.05) is 0 Å². The summed E-state index contributed by atoms with van der Waals surface area (Å²) >= 11 is 0. The molecule has 0 aromatic carbocycles. The Hall–Kier alpha value is -1.68. The largest absolute Gasteiger partial charge is 0.390 e. The zero-order valence-electron chi connectivity index (χ0n) is 16.7. The Bertz CT molecular complexity index is 823. The van der Waals surface area contributed by atoms with E-state index in [-0.39, 0.29) is 12.2 Å². The van der Waals surface area contributed by atoms with Gasteiger partial charge in [0.15, 0.2) is 0 Å². The average Bonchev–Trinajstić information content (AvgIpc) is 3.32. The third kappa shape index (κ3) is 4.26. The smallest absolute Gasteiger partial charge is 0.135 e. The molecule has 0 unspecified atom stereocenters. The summed E-state index contributed by atoms with van der Waals surface area (Å²) in [7, 11) is 0. The highest BCUT2D eigenvalue weighted by molar-refractivity contribution is 5.79. The van der Waals surface area contributed by atoms with Gasteiger partial charge in [-0.25, -0.2) is 4.52 Å². The van der Waals surface area contributed by atoms with Crippen molar-refractivity contribution in [3.8, 4) is 0 Å². The molecule has 2 aliphatic carbocycles. The van der Waals surface area contributed by atoms with Crippen molar-refractivity contribution in [3.05, 3.63) is 35.2 Å². The van der Waals surface area contributed by atoms with Crippen molar-refractivity contribution in [1.29, 1.82) is 0 Å². The van der Waals surface area contributed by atoms with Gasteiger partial charge >= 0.3 is 0 Å². The Morgan fingerprint density at radius 2 is 1.96 bits per heavy atom. The third-order valence-corrected chi connectivity index (χ3v) is 6.06. The number of fused-ring (bicyclic) bond motifs is 1. The normalized spacial score (nSPS) is 18.0. The fourth-order valence-electron chi connectivity index (χ4n) is 4.36. The van der Waals surface area contributed by atoms with Gasteiger partial charge in [-0.3, -0.25) is 4.79 Å². The second kappa shape index (κ2) is 7.38. The first kappa shape index (κ1) is 18.7. The number of pyridine rings is 1. The van der Waals surface area contributed by atoms with Crippen LogP contribution < -0.4 is 0 Å². The van der Waals surface area contributed by atoms with Gasteiger partial charge in [0.05, 0.1) is 16.8 Å². The summed E-state index contributed by atoms with van der Waals surface area (Å²) in [4.78, 5) is 12.0. The van der Waals surface area contributed by atoms with E-state index in [9.17, 15) is 9.90 Å². The first-order valence-corrected chi connectivity index (χ1v) is 10.7. The second-order valence-electron chi connectivity index (χ2n) is 9.25. The number of aryl methyl sites for hydroxylation is 1. The average molecular weight is 369 g/mol. The number of unbranched alkanes of at least 4 members (excludes halogenated alkanes) is 1. The van der Waals surface area contributed by atoms with Gasteiger partial charge in [0.25, 0.3) is 0 Å². The molecule has 0 atom stereocenters. The number of aliphatic hydroxyl groups is 1. The predicted molar refractivity (Wildman–Crippen MR) is 107 cm³/mol. The molecule has 27 heavy (non-hydrogen) atoms. The van der Waals surface area contributed by atoms with E-state index in [1.54, 1.807) is 13.8 Å². The summed E-state index contributed by atoms with van der Waals surface area (Å²) in [5.74, 6) is 1.52. The highest BCUT2D eigenvalue weighted by atomic mass is 16.3. The minimum absolute atomic E-state index is 0.160. The Balaban J connectivity index is 1.46. The molecule has 2 aromatic heterocycles. The summed E-state index contributed by atoms with van der Waals surface area (Å²) in [5.41, 5.74) is 4.53. The number of carbonyl (C=O) groups excluding carboxylic acids is 1. The summed E-state index contributed by atoms with van der Waals surface area (Å²) < 4.78 is 2.22. The van der Waals surface area contributed by atoms with Crippen LogP contribution in [0.3, 0.4) is 0 Å². The predicted octanol–water partition coefficient (Wildman–Crippen LogP) is 4.92. The van der Waals surface area contributed by atoms with Crippen molar-refractivity contribution in [3.63, 3.8) is 0 Å². The number of ketones is 1. The fourth-order valence-corrected chi connectivity index (χ4v) is 4.36. The molecule has 4 nitrogen and oxygen atoms in total. The monoisotopic (exact) mass is 368 g/mol. The number of carbonyl (C=O) groups is 1. The molecule has 0 aliphatic heterocycles. The standard InChI is InChI=1S/C23H32N2O2/c1-23(2,27)15-18(26)9-3-4-10-19-22(17-7-5-8-17)21-12-6-11-20(16-13-14-16)25(21)24-19/h6,11-12,16-17,27H,3-5,7-10,13-15H2,1-2H3. The van der Waals surface area contributed by atoms with Crippen LogP contribution >= 0.6 is 0 Å². The summed E-state index contributed by atoms with van der Waals surface area (Å²) in [6, 6.07) is 6.68. The quantitative estimate of drug-likeness (QED) is 0.639. The maximum atomic E-state index is 12.0. The molecule has 0 amide bonds. The SMILES string of the molecule is CC(C)(O)CC(=O)CCCCc1nn2c(C3CC3)cccc2c1C1CCC1. The Morgan fingerprint density at radius 3 is 2.59 bits per heavy atom. The van der Waals surface area contributed by atoms with Gasteiger partial charge in [0.2, 0.25) is 0 Å². The molecular formula is C23H32N2O2. The van der Waals surface area contributed by atoms with Crippen LogP contribution in [0.1, 0.15) is 100 Å². The highest BCUT2D eigenvalue weighted by Gasteiger charge is 2.30. The van der Waals surface area contributed by atoms with Crippen LogP contribution in [0.4, 0.5) is 0 Å². The van der Waals surface area contributed by atoms with Crippen molar-refractivity contribution in [2.24, 2.45) is 0 Å². The third-order valence-electron chi connectivity index (χ3n) is 6.06. The lowest BCUT2D eigenvalue weighted by Gasteiger charge is -2.26. The van der Waals surface area contributed by atoms with Crippen LogP contribution in [0, 0.1) is 0 Å². The lowest BCUT2D eigenvalue weighted by atomic mass is 9.79. The molecule has 4 heteroatoms. The van der Waals surface area contributed by atoms with Crippen LogP contribution in [0.25, 0.3) is 5.52 Å². The fraction of sp³-hybridized carbons (Fsp3) is 0.652. The molecule has 0 saturated heterocycles. The summed E-state index contributed by atoms with van der Waals surface area (Å²) in [6.45, 7) is 3.40. The van der Waals surface area contributed by atoms with Gasteiger partial charge in [-0.05, 0) is 76.8 Å². The summed E-state index contributed by atoms with van der Waals surface area (Å²) in [5, 5.41) is 14.8. The number of hydrogen-bond donors (Lipinski definition) is 1. The van der Waals surface area contributed by atoms with Crippen molar-refractivity contribution in [2.45, 2.75) is 95.5 Å². The first-order valence-electron chi connectivity index (χ1n) is 10.7. The molecule has 2 fully saturated rings. The van der Waals surface area contributed by atoms with E-state index in [4.69, 9.17) is 5.10 Å². The molecule has 0 spiro atoms. The second-order valence-corrected chi connectivity index (χ2v) is 9.25. The summed E-state index contributed by atoms with van der Waals surface area (Å²) in [6.07, 6.45) is 10.1. The lowest BCUT2D eigenvalue weighted by molar-refractivity contribution is -0.122. The van der Waals surface area contributed by atoms with Crippen LogP contribution in [-0.2, 0) is 11.2 Å². The van der Waals surface area contributed by atoms with Crippen molar-refractivity contribution in [1.82, 2.24) is 9.61 Å². The minimum Gasteiger partial charge on any atom is -0.390 e. The van der Waals surface area contributed by atoms with Gasteiger partial charge in [0.1, 0.15) is 5.78 Å². The first-order chi connectivity index (χ1) is 12.9. The van der Waals surface area contributed by atoms with Gasteiger partial charge in [-0.15, -0.1) is 0 Å². The minimum atomic E-state index is -0.894. The molecular weight excluding hydrogens is 336 g/mol. The maximum Gasteiger partial charge on any atom is 0.135 e. The van der Waals surface area contributed by atoms with E-state index in [1.807, 2.05) is 0 Å². The van der Waals surface area contributed by atoms with E-state index in [2.05, 4.69) is 22.7 Å². The van der Waals surface area contributed by atoms with Crippen molar-refractivity contribution >= 4 is 11.3 Å². The molecule has 2 aliphatic rings. The number of rotatable bonds is 9. The number of hydrogen-bond acceptors (Lipinski definition) is 3. The Kier molecular flexibility index (Phi) is 5.11. The molecule has 146 valence electrons. The van der Waals surface area contributed by atoms with E-state index in [1.165, 1.54) is 54.6 Å². The van der Waals surface area contributed by atoms with Crippen LogP contribution in [0.15, 0.2) is 18.2 Å². The molecule has 2 saturated carbocycles. The lowest BCUT2D eigenvalue weighted by Crippen LogP contribution is -2.23. The molecule has 1 N–H and O–H groups in total. The molecule has 2 heterocycles. The van der Waals surface area contributed by atoms with Gasteiger partial charge in [-0.1, -0.05) is 12.5 Å². The van der Waals surface area contributed by atoms with Crippen LogP contribution in [0.2, 0.25) is 0 Å². The molecule has 4 rings (SSSR count). The zero-order valence-corrected chi connectivity index (χ0v) is 16.7. The van der Waals surface area contributed by atoms with Crippen LogP contribution in [-0.4, -0.2) is 26.1 Å². The van der Waals surface area contributed by atoms with Gasteiger partial charge in [-0.2, -0.15) is 5.10 Å². The van der Waals surface area contributed by atoms with Gasteiger partial charge < -0.3 is 5.11 Å². The topological polar surface area (TPSA) is 54.6 Å². The van der Waals surface area contributed by atoms with Crippen molar-refractivity contribution < 1.29 is 9.90 Å². The molecule has 0 bridgehead atoms. The maximum absolute atomic E-state index is 12.0. The van der Waals surface area contributed by atoms with E-state index < -0.39 is 5.60 Å².